The van der Waals surface area contributed by atoms with Crippen LogP contribution >= 0.6 is 15.9 Å². The standard InChI is InChI=1S/C29H40BrN3O4.C13H10O.CH4/c1-3-33(26-12-8-5-9-13-26)21-25-18-24(19-27(30)28(25)31)29(35)37-17-15-32(14-16-36-22(2)34)20-23-10-6-4-7-11-23;14-13(11-7-3-1-4-8-11)12-9-5-2-6-10-12;/h4,6-7,10-11,18-19,26H,3,5,8-9,12-17,20-21,31H2,1-2H3;1-10H;1H4. The maximum absolute atomic E-state index is 13.0. The van der Waals surface area contributed by atoms with E-state index < -0.39 is 0 Å². The van der Waals surface area contributed by atoms with Crippen molar-refractivity contribution in [2.45, 2.75) is 72.5 Å². The van der Waals surface area contributed by atoms with Crippen LogP contribution in [0, 0.1) is 0 Å². The van der Waals surface area contributed by atoms with Crippen LogP contribution in [0.5, 0.6) is 0 Å². The number of ketones is 1. The second kappa shape index (κ2) is 22.6. The highest BCUT2D eigenvalue weighted by molar-refractivity contribution is 9.10. The molecule has 52 heavy (non-hydrogen) atoms. The number of nitrogens with two attached hydrogens (primary N) is 1. The van der Waals surface area contributed by atoms with Crippen LogP contribution in [-0.4, -0.2) is 66.4 Å². The van der Waals surface area contributed by atoms with Crippen LogP contribution in [0.3, 0.4) is 0 Å². The Labute approximate surface area is 318 Å². The molecule has 4 aromatic carbocycles. The predicted molar refractivity (Wildman–Crippen MR) is 213 cm³/mol. The van der Waals surface area contributed by atoms with Gasteiger partial charge in [0.25, 0.3) is 0 Å². The SMILES string of the molecule is C.CCN(Cc1cc(C(=O)OCCN(CCOC(C)=O)Cc2ccccc2)cc(Br)c1N)C1CCCCC1.O=C(c1ccccc1)c1ccccc1. The Balaban J connectivity index is 0.000000404. The van der Waals surface area contributed by atoms with Crippen molar-refractivity contribution in [2.24, 2.45) is 0 Å². The molecule has 0 amide bonds. The molecule has 0 aliphatic heterocycles. The highest BCUT2D eigenvalue weighted by atomic mass is 79.9. The Bertz CT molecular complexity index is 1620. The van der Waals surface area contributed by atoms with E-state index in [9.17, 15) is 14.4 Å². The first-order valence-electron chi connectivity index (χ1n) is 17.8. The van der Waals surface area contributed by atoms with E-state index in [-0.39, 0.29) is 31.8 Å². The molecule has 0 radical (unpaired) electrons. The normalized spacial score (nSPS) is 12.7. The first-order valence-corrected chi connectivity index (χ1v) is 18.6. The summed E-state index contributed by atoms with van der Waals surface area (Å²) in [4.78, 5) is 40.6. The van der Waals surface area contributed by atoms with Gasteiger partial charge in [-0.2, -0.15) is 0 Å². The number of nitrogens with zero attached hydrogens (tertiary/aromatic N) is 2. The lowest BCUT2D eigenvalue weighted by Crippen LogP contribution is -2.36. The summed E-state index contributed by atoms with van der Waals surface area (Å²) in [7, 11) is 0. The van der Waals surface area contributed by atoms with E-state index in [0.717, 1.165) is 28.8 Å². The van der Waals surface area contributed by atoms with E-state index >= 15 is 0 Å². The van der Waals surface area contributed by atoms with Crippen molar-refractivity contribution < 1.29 is 23.9 Å². The Morgan fingerprint density at radius 3 is 1.83 bits per heavy atom. The van der Waals surface area contributed by atoms with Crippen molar-refractivity contribution in [1.29, 1.82) is 0 Å². The summed E-state index contributed by atoms with van der Waals surface area (Å²) in [6.45, 7) is 7.51. The molecule has 0 spiro atoms. The van der Waals surface area contributed by atoms with Crippen LogP contribution in [0.15, 0.2) is 108 Å². The lowest BCUT2D eigenvalue weighted by atomic mass is 9.93. The van der Waals surface area contributed by atoms with Crippen LogP contribution in [0.2, 0.25) is 0 Å². The van der Waals surface area contributed by atoms with E-state index in [4.69, 9.17) is 15.2 Å². The van der Waals surface area contributed by atoms with Crippen molar-refractivity contribution in [3.8, 4) is 0 Å². The average molecular weight is 773 g/mol. The molecule has 5 rings (SSSR count). The van der Waals surface area contributed by atoms with Crippen molar-refractivity contribution in [1.82, 2.24) is 9.80 Å². The second-order valence-corrected chi connectivity index (χ2v) is 13.5. The third-order valence-electron chi connectivity index (χ3n) is 9.00. The fourth-order valence-corrected chi connectivity index (χ4v) is 6.72. The number of benzene rings is 4. The van der Waals surface area contributed by atoms with Gasteiger partial charge in [-0.15, -0.1) is 0 Å². The van der Waals surface area contributed by atoms with Crippen LogP contribution < -0.4 is 5.73 Å². The van der Waals surface area contributed by atoms with Crippen molar-refractivity contribution in [2.75, 3.05) is 38.6 Å². The van der Waals surface area contributed by atoms with E-state index in [1.54, 1.807) is 6.07 Å². The Morgan fingerprint density at radius 1 is 0.750 bits per heavy atom. The van der Waals surface area contributed by atoms with Gasteiger partial charge in [-0.05, 0) is 58.6 Å². The van der Waals surface area contributed by atoms with Crippen molar-refractivity contribution in [3.63, 3.8) is 0 Å². The third-order valence-corrected chi connectivity index (χ3v) is 9.65. The topological polar surface area (TPSA) is 102 Å². The maximum atomic E-state index is 13.0. The molecule has 1 saturated carbocycles. The van der Waals surface area contributed by atoms with E-state index in [0.29, 0.717) is 54.6 Å². The number of hydrogen-bond donors (Lipinski definition) is 1. The van der Waals surface area contributed by atoms with Gasteiger partial charge in [0.2, 0.25) is 0 Å². The first kappa shape index (κ1) is 42.1. The molecular formula is C43H54BrN3O5. The molecule has 0 aromatic heterocycles. The molecule has 4 aromatic rings. The minimum absolute atomic E-state index is 0. The highest BCUT2D eigenvalue weighted by Gasteiger charge is 2.22. The van der Waals surface area contributed by atoms with E-state index in [1.807, 2.05) is 97.1 Å². The summed E-state index contributed by atoms with van der Waals surface area (Å²) in [6.07, 6.45) is 6.29. The Morgan fingerprint density at radius 2 is 1.29 bits per heavy atom. The third kappa shape index (κ3) is 13.7. The number of hydrogen-bond acceptors (Lipinski definition) is 8. The van der Waals surface area contributed by atoms with Gasteiger partial charge >= 0.3 is 11.9 Å². The smallest absolute Gasteiger partial charge is 0.338 e. The van der Waals surface area contributed by atoms with Crippen LogP contribution in [0.1, 0.15) is 90.8 Å². The number of carbonyl (C=O) groups excluding carboxylic acids is 3. The fourth-order valence-electron chi connectivity index (χ4n) is 6.21. The molecule has 1 aliphatic carbocycles. The number of halogens is 1. The van der Waals surface area contributed by atoms with Gasteiger partial charge in [0, 0.05) is 54.7 Å². The summed E-state index contributed by atoms with van der Waals surface area (Å²) in [6, 6.07) is 32.8. The second-order valence-electron chi connectivity index (χ2n) is 12.7. The van der Waals surface area contributed by atoms with Gasteiger partial charge in [-0.3, -0.25) is 19.4 Å². The number of esters is 2. The molecule has 0 heterocycles. The summed E-state index contributed by atoms with van der Waals surface area (Å²) < 4.78 is 11.5. The van der Waals surface area contributed by atoms with Gasteiger partial charge in [0.05, 0.1) is 11.3 Å². The molecule has 278 valence electrons. The molecule has 1 fully saturated rings. The molecule has 0 saturated heterocycles. The highest BCUT2D eigenvalue weighted by Crippen LogP contribution is 2.30. The average Bonchev–Trinajstić information content (AvgIpc) is 3.16. The van der Waals surface area contributed by atoms with Crippen molar-refractivity contribution in [3.05, 3.63) is 135 Å². The largest absolute Gasteiger partial charge is 0.465 e. The molecular weight excluding hydrogens is 718 g/mol. The predicted octanol–water partition coefficient (Wildman–Crippen LogP) is 8.96. The number of rotatable bonds is 15. The monoisotopic (exact) mass is 771 g/mol. The summed E-state index contributed by atoms with van der Waals surface area (Å²) >= 11 is 3.54. The number of anilines is 1. The lowest BCUT2D eigenvalue weighted by molar-refractivity contribution is -0.141. The Hall–Kier alpha value is -4.31. The number of carbonyl (C=O) groups is 3. The molecule has 2 N–H and O–H groups in total. The first-order chi connectivity index (χ1) is 24.7. The maximum Gasteiger partial charge on any atom is 0.338 e. The molecule has 0 atom stereocenters. The van der Waals surface area contributed by atoms with E-state index in [1.165, 1.54) is 39.0 Å². The van der Waals surface area contributed by atoms with Crippen molar-refractivity contribution >= 4 is 39.3 Å². The molecule has 0 unspecified atom stereocenters. The molecule has 1 aliphatic rings. The van der Waals surface area contributed by atoms with Crippen LogP contribution in [0.4, 0.5) is 5.69 Å². The molecule has 9 heteroatoms. The summed E-state index contributed by atoms with van der Waals surface area (Å²) in [5.74, 6) is -0.602. The molecule has 0 bridgehead atoms. The van der Waals surface area contributed by atoms with Crippen LogP contribution in [-0.2, 0) is 27.4 Å². The zero-order valence-corrected chi connectivity index (χ0v) is 31.4. The fraction of sp³-hybridized carbons (Fsp3) is 0.372. The lowest BCUT2D eigenvalue weighted by Gasteiger charge is -2.34. The summed E-state index contributed by atoms with van der Waals surface area (Å²) in [5, 5.41) is 0. The zero-order valence-electron chi connectivity index (χ0n) is 29.8. The van der Waals surface area contributed by atoms with Gasteiger partial charge in [0.1, 0.15) is 13.2 Å². The van der Waals surface area contributed by atoms with Gasteiger partial charge < -0.3 is 15.2 Å². The molecule has 8 nitrogen and oxygen atoms in total. The van der Waals surface area contributed by atoms with Crippen LogP contribution in [0.25, 0.3) is 0 Å². The minimum Gasteiger partial charge on any atom is -0.465 e. The Kier molecular flexibility index (Phi) is 18.3. The zero-order chi connectivity index (χ0) is 36.4. The van der Waals surface area contributed by atoms with Gasteiger partial charge in [0.15, 0.2) is 5.78 Å². The number of ether oxygens (including phenoxy) is 2. The van der Waals surface area contributed by atoms with Gasteiger partial charge in [-0.1, -0.05) is 125 Å². The van der Waals surface area contributed by atoms with Gasteiger partial charge in [-0.25, -0.2) is 4.79 Å². The number of nitrogen functional groups attached to an aromatic ring is 1. The summed E-state index contributed by atoms with van der Waals surface area (Å²) in [5.41, 5.74) is 11.1. The minimum atomic E-state index is -0.373. The van der Waals surface area contributed by atoms with E-state index in [2.05, 4.69) is 32.7 Å². The quantitative estimate of drug-likeness (QED) is 0.0727.